The molecular weight excluding hydrogens is 289 g/mol. The van der Waals surface area contributed by atoms with E-state index in [1.54, 1.807) is 7.05 Å². The lowest BCUT2D eigenvalue weighted by Gasteiger charge is -2.17. The SMILES string of the molecule is CN(CC(=O)NC1CC1)C(=O)c1cc(Cl)ncc1Cl. The third kappa shape index (κ3) is 3.81. The van der Waals surface area contributed by atoms with Gasteiger partial charge in [-0.05, 0) is 18.9 Å². The summed E-state index contributed by atoms with van der Waals surface area (Å²) in [5, 5.41) is 3.21. The molecule has 0 aliphatic heterocycles. The molecule has 1 aliphatic carbocycles. The number of hydrogen-bond donors (Lipinski definition) is 1. The van der Waals surface area contributed by atoms with Crippen LogP contribution < -0.4 is 5.32 Å². The Labute approximate surface area is 120 Å². The quantitative estimate of drug-likeness (QED) is 0.862. The maximum atomic E-state index is 12.1. The van der Waals surface area contributed by atoms with Crippen LogP contribution in [-0.4, -0.2) is 41.3 Å². The zero-order chi connectivity index (χ0) is 14.0. The van der Waals surface area contributed by atoms with Crippen LogP contribution >= 0.6 is 23.2 Å². The Morgan fingerprint density at radius 2 is 2.16 bits per heavy atom. The molecule has 0 radical (unpaired) electrons. The number of pyridine rings is 1. The first kappa shape index (κ1) is 14.1. The van der Waals surface area contributed by atoms with E-state index in [0.29, 0.717) is 0 Å². The van der Waals surface area contributed by atoms with Crippen LogP contribution in [-0.2, 0) is 4.79 Å². The Morgan fingerprint density at radius 3 is 2.79 bits per heavy atom. The molecule has 7 heteroatoms. The number of carbonyl (C=O) groups is 2. The first-order valence-corrected chi connectivity index (χ1v) is 6.59. The minimum atomic E-state index is -0.361. The minimum absolute atomic E-state index is 0.00833. The molecule has 0 saturated heterocycles. The second-order valence-corrected chi connectivity index (χ2v) is 5.28. The van der Waals surface area contributed by atoms with Crippen molar-refractivity contribution in [1.29, 1.82) is 0 Å². The molecule has 2 rings (SSSR count). The fraction of sp³-hybridized carbons (Fsp3) is 0.417. The normalized spacial score (nSPS) is 14.1. The molecule has 0 spiro atoms. The standard InChI is InChI=1S/C12H13Cl2N3O2/c1-17(6-11(18)16-7-2-3-7)12(19)8-4-10(14)15-5-9(8)13/h4-5,7H,2-3,6H2,1H3,(H,16,18). The molecule has 1 heterocycles. The average molecular weight is 302 g/mol. The molecule has 102 valence electrons. The van der Waals surface area contributed by atoms with Crippen LogP contribution in [0.25, 0.3) is 0 Å². The highest BCUT2D eigenvalue weighted by Gasteiger charge is 2.25. The summed E-state index contributed by atoms with van der Waals surface area (Å²) in [6.07, 6.45) is 3.33. The maximum absolute atomic E-state index is 12.1. The molecule has 1 fully saturated rings. The summed E-state index contributed by atoms with van der Waals surface area (Å²) >= 11 is 11.6. The number of rotatable bonds is 4. The maximum Gasteiger partial charge on any atom is 0.255 e. The van der Waals surface area contributed by atoms with Crippen LogP contribution in [0, 0.1) is 0 Å². The molecular formula is C12H13Cl2N3O2. The van der Waals surface area contributed by atoms with E-state index in [2.05, 4.69) is 10.3 Å². The second-order valence-electron chi connectivity index (χ2n) is 4.49. The Morgan fingerprint density at radius 1 is 1.47 bits per heavy atom. The summed E-state index contributed by atoms with van der Waals surface area (Å²) in [5.41, 5.74) is 0.239. The van der Waals surface area contributed by atoms with Crippen molar-refractivity contribution in [3.05, 3.63) is 28.0 Å². The van der Waals surface area contributed by atoms with E-state index in [9.17, 15) is 9.59 Å². The molecule has 1 aliphatic rings. The zero-order valence-electron chi connectivity index (χ0n) is 10.3. The van der Waals surface area contributed by atoms with Crippen molar-refractivity contribution in [2.75, 3.05) is 13.6 Å². The number of nitrogens with one attached hydrogen (secondary N) is 1. The largest absolute Gasteiger partial charge is 0.352 e. The van der Waals surface area contributed by atoms with Crippen LogP contribution in [0.4, 0.5) is 0 Å². The van der Waals surface area contributed by atoms with Crippen molar-refractivity contribution < 1.29 is 9.59 Å². The van der Waals surface area contributed by atoms with Crippen LogP contribution in [0.5, 0.6) is 0 Å². The fourth-order valence-corrected chi connectivity index (χ4v) is 1.91. The van der Waals surface area contributed by atoms with Crippen LogP contribution in [0.1, 0.15) is 23.2 Å². The van der Waals surface area contributed by atoms with Gasteiger partial charge in [-0.2, -0.15) is 0 Å². The molecule has 0 unspecified atom stereocenters. The van der Waals surface area contributed by atoms with Gasteiger partial charge in [0.15, 0.2) is 0 Å². The summed E-state index contributed by atoms with van der Waals surface area (Å²) in [4.78, 5) is 28.8. The smallest absolute Gasteiger partial charge is 0.255 e. The Balaban J connectivity index is 2.01. The lowest BCUT2D eigenvalue weighted by molar-refractivity contribution is -0.121. The number of amides is 2. The van der Waals surface area contributed by atoms with E-state index in [0.717, 1.165) is 12.8 Å². The zero-order valence-corrected chi connectivity index (χ0v) is 11.8. The molecule has 2 amide bonds. The van der Waals surface area contributed by atoms with Crippen molar-refractivity contribution in [2.45, 2.75) is 18.9 Å². The van der Waals surface area contributed by atoms with Crippen molar-refractivity contribution in [2.24, 2.45) is 0 Å². The van der Waals surface area contributed by atoms with Gasteiger partial charge in [0.25, 0.3) is 5.91 Å². The van der Waals surface area contributed by atoms with E-state index in [1.165, 1.54) is 17.2 Å². The van der Waals surface area contributed by atoms with Gasteiger partial charge in [-0.25, -0.2) is 4.98 Å². The number of carbonyl (C=O) groups excluding carboxylic acids is 2. The third-order valence-electron chi connectivity index (χ3n) is 2.72. The van der Waals surface area contributed by atoms with Gasteiger partial charge in [-0.3, -0.25) is 9.59 Å². The predicted molar refractivity (Wildman–Crippen MR) is 72.4 cm³/mol. The number of hydrogen-bond acceptors (Lipinski definition) is 3. The topological polar surface area (TPSA) is 62.3 Å². The Kier molecular flexibility index (Phi) is 4.27. The van der Waals surface area contributed by atoms with Crippen molar-refractivity contribution >= 4 is 35.0 Å². The summed E-state index contributed by atoms with van der Waals surface area (Å²) in [7, 11) is 1.54. The summed E-state index contributed by atoms with van der Waals surface area (Å²) in [5.74, 6) is -0.533. The monoisotopic (exact) mass is 301 g/mol. The number of halogens is 2. The number of likely N-dealkylation sites (N-methyl/N-ethyl adjacent to an activating group) is 1. The molecule has 5 nitrogen and oxygen atoms in total. The van der Waals surface area contributed by atoms with Crippen LogP contribution in [0.3, 0.4) is 0 Å². The molecule has 0 atom stereocenters. The lowest BCUT2D eigenvalue weighted by atomic mass is 10.2. The first-order valence-electron chi connectivity index (χ1n) is 5.83. The van der Waals surface area contributed by atoms with Gasteiger partial charge >= 0.3 is 0 Å². The summed E-state index contributed by atoms with van der Waals surface area (Å²) in [6, 6.07) is 1.66. The van der Waals surface area contributed by atoms with E-state index in [-0.39, 0.29) is 40.1 Å². The first-order chi connectivity index (χ1) is 8.97. The molecule has 1 aromatic heterocycles. The van der Waals surface area contributed by atoms with E-state index >= 15 is 0 Å². The Bertz CT molecular complexity index is 518. The molecule has 1 aromatic rings. The molecule has 1 saturated carbocycles. The average Bonchev–Trinajstić information content (AvgIpc) is 3.15. The highest BCUT2D eigenvalue weighted by atomic mass is 35.5. The predicted octanol–water partition coefficient (Wildman–Crippen LogP) is 1.74. The van der Waals surface area contributed by atoms with Gasteiger partial charge in [0.05, 0.1) is 17.1 Å². The molecule has 0 aromatic carbocycles. The van der Waals surface area contributed by atoms with Crippen molar-refractivity contribution in [3.63, 3.8) is 0 Å². The molecule has 0 bridgehead atoms. The van der Waals surface area contributed by atoms with Gasteiger partial charge in [0, 0.05) is 19.3 Å². The van der Waals surface area contributed by atoms with Crippen molar-refractivity contribution in [3.8, 4) is 0 Å². The van der Waals surface area contributed by atoms with E-state index in [4.69, 9.17) is 23.2 Å². The Hall–Kier alpha value is -1.33. The van der Waals surface area contributed by atoms with Crippen LogP contribution in [0.15, 0.2) is 12.3 Å². The summed E-state index contributed by atoms with van der Waals surface area (Å²) < 4.78 is 0. The van der Waals surface area contributed by atoms with E-state index in [1.807, 2.05) is 0 Å². The number of aromatic nitrogens is 1. The van der Waals surface area contributed by atoms with Gasteiger partial charge in [0.1, 0.15) is 5.15 Å². The van der Waals surface area contributed by atoms with Gasteiger partial charge in [0.2, 0.25) is 5.91 Å². The minimum Gasteiger partial charge on any atom is -0.352 e. The van der Waals surface area contributed by atoms with Crippen molar-refractivity contribution in [1.82, 2.24) is 15.2 Å². The second kappa shape index (κ2) is 5.75. The van der Waals surface area contributed by atoms with Gasteiger partial charge < -0.3 is 10.2 Å². The van der Waals surface area contributed by atoms with Crippen LogP contribution in [0.2, 0.25) is 10.2 Å². The van der Waals surface area contributed by atoms with Gasteiger partial charge in [-0.1, -0.05) is 23.2 Å². The third-order valence-corrected chi connectivity index (χ3v) is 3.23. The lowest BCUT2D eigenvalue weighted by Crippen LogP contribution is -2.39. The number of nitrogens with zero attached hydrogens (tertiary/aromatic N) is 2. The molecule has 19 heavy (non-hydrogen) atoms. The summed E-state index contributed by atoms with van der Waals surface area (Å²) in [6.45, 7) is -0.00833. The van der Waals surface area contributed by atoms with E-state index < -0.39 is 0 Å². The molecule has 1 N–H and O–H groups in total. The highest BCUT2D eigenvalue weighted by molar-refractivity contribution is 6.35. The fourth-order valence-electron chi connectivity index (χ4n) is 1.57. The van der Waals surface area contributed by atoms with Gasteiger partial charge in [-0.15, -0.1) is 0 Å². The highest BCUT2D eigenvalue weighted by Crippen LogP contribution is 2.20.